The number of carbonyl (C=O) groups is 1. The molecule has 2 aromatic rings. The van der Waals surface area contributed by atoms with Gasteiger partial charge in [-0.3, -0.25) is 19.6 Å². The number of hydrogen-bond acceptors (Lipinski definition) is 5. The van der Waals surface area contributed by atoms with Crippen LogP contribution in [-0.2, 0) is 11.2 Å². The molecule has 0 saturated carbocycles. The van der Waals surface area contributed by atoms with Gasteiger partial charge in [0, 0.05) is 48.5 Å². The van der Waals surface area contributed by atoms with Gasteiger partial charge < -0.3 is 10.0 Å². The van der Waals surface area contributed by atoms with Crippen molar-refractivity contribution in [2.75, 3.05) is 46.9 Å². The highest BCUT2D eigenvalue weighted by Crippen LogP contribution is 2.42. The number of hydrogen-bond donors (Lipinski definition) is 1. The van der Waals surface area contributed by atoms with Crippen molar-refractivity contribution in [2.45, 2.75) is 37.3 Å². The van der Waals surface area contributed by atoms with Crippen molar-refractivity contribution < 1.29 is 9.90 Å². The standard InChI is InChI=1S/C27H34N4O2/c1-29(2)15-7-8-21-10-12-22(13-11-21)27-24-19-30(16-5-6-17-31(24)25(27)20-32)26(33)18-23-9-3-4-14-28-23/h3-4,9-14,24-25,27,32H,5-6,15-20H2,1-2H3/t24-,25-,27+/m0/s1. The Morgan fingerprint density at radius 2 is 1.94 bits per heavy atom. The van der Waals surface area contributed by atoms with Gasteiger partial charge in [-0.15, -0.1) is 0 Å². The molecule has 1 amide bonds. The number of pyridine rings is 1. The first-order valence-electron chi connectivity index (χ1n) is 11.8. The van der Waals surface area contributed by atoms with Crippen molar-refractivity contribution in [3.05, 3.63) is 65.5 Å². The van der Waals surface area contributed by atoms with Crippen molar-refractivity contribution in [1.29, 1.82) is 0 Å². The third-order valence-corrected chi connectivity index (χ3v) is 6.70. The van der Waals surface area contributed by atoms with Crippen molar-refractivity contribution in [3.63, 3.8) is 0 Å². The van der Waals surface area contributed by atoms with Crippen molar-refractivity contribution in [1.82, 2.24) is 19.7 Å². The number of benzene rings is 1. The van der Waals surface area contributed by atoms with E-state index < -0.39 is 0 Å². The molecule has 33 heavy (non-hydrogen) atoms. The molecule has 0 aliphatic carbocycles. The van der Waals surface area contributed by atoms with Gasteiger partial charge in [0.05, 0.1) is 19.6 Å². The summed E-state index contributed by atoms with van der Waals surface area (Å²) in [5, 5.41) is 10.2. The van der Waals surface area contributed by atoms with Crippen molar-refractivity contribution >= 4 is 5.91 Å². The maximum Gasteiger partial charge on any atom is 0.228 e. The molecule has 0 unspecified atom stereocenters. The molecule has 0 spiro atoms. The van der Waals surface area contributed by atoms with Gasteiger partial charge in [-0.25, -0.2) is 0 Å². The van der Waals surface area contributed by atoms with E-state index in [-0.39, 0.29) is 30.5 Å². The number of aliphatic hydroxyl groups excluding tert-OH is 1. The maximum atomic E-state index is 13.1. The third kappa shape index (κ3) is 5.62. The van der Waals surface area contributed by atoms with E-state index >= 15 is 0 Å². The molecule has 1 N–H and O–H groups in total. The quantitative estimate of drug-likeness (QED) is 0.712. The van der Waals surface area contributed by atoms with Crippen LogP contribution in [0.2, 0.25) is 0 Å². The van der Waals surface area contributed by atoms with E-state index in [4.69, 9.17) is 0 Å². The lowest BCUT2D eigenvalue weighted by Crippen LogP contribution is -2.68. The Morgan fingerprint density at radius 1 is 1.15 bits per heavy atom. The van der Waals surface area contributed by atoms with E-state index in [1.807, 2.05) is 42.1 Å². The summed E-state index contributed by atoms with van der Waals surface area (Å²) < 4.78 is 0. The highest BCUT2D eigenvalue weighted by Gasteiger charge is 2.49. The molecule has 2 aliphatic rings. The fraction of sp³-hybridized carbons (Fsp3) is 0.481. The molecule has 0 radical (unpaired) electrons. The van der Waals surface area contributed by atoms with Crippen LogP contribution >= 0.6 is 0 Å². The molecule has 174 valence electrons. The summed E-state index contributed by atoms with van der Waals surface area (Å²) >= 11 is 0. The molecular formula is C27H34N4O2. The Labute approximate surface area is 197 Å². The van der Waals surface area contributed by atoms with Crippen LogP contribution in [0, 0.1) is 11.8 Å². The lowest BCUT2D eigenvalue weighted by Gasteiger charge is -2.57. The average Bonchev–Trinajstić information content (AvgIpc) is 2.79. The Balaban J connectivity index is 1.49. The highest BCUT2D eigenvalue weighted by molar-refractivity contribution is 5.78. The van der Waals surface area contributed by atoms with Crippen LogP contribution < -0.4 is 0 Å². The number of aliphatic hydroxyl groups is 1. The van der Waals surface area contributed by atoms with Crippen LogP contribution in [0.3, 0.4) is 0 Å². The number of amides is 1. The molecule has 3 heterocycles. The van der Waals surface area contributed by atoms with Crippen LogP contribution in [-0.4, -0.2) is 89.7 Å². The third-order valence-electron chi connectivity index (χ3n) is 6.70. The first kappa shape index (κ1) is 23.4. The zero-order chi connectivity index (χ0) is 23.2. The van der Waals surface area contributed by atoms with Gasteiger partial charge in [0.1, 0.15) is 0 Å². The van der Waals surface area contributed by atoms with Crippen LogP contribution in [0.25, 0.3) is 0 Å². The number of carbonyl (C=O) groups excluding carboxylic acids is 1. The predicted octanol–water partition coefficient (Wildman–Crippen LogP) is 1.99. The van der Waals surface area contributed by atoms with Crippen LogP contribution in [0.1, 0.15) is 35.6 Å². The van der Waals surface area contributed by atoms with Gasteiger partial charge in [-0.05, 0) is 63.3 Å². The van der Waals surface area contributed by atoms with Gasteiger partial charge in [-0.1, -0.05) is 30.0 Å². The minimum absolute atomic E-state index is 0.103. The van der Waals surface area contributed by atoms with E-state index in [0.717, 1.165) is 43.7 Å². The monoisotopic (exact) mass is 446 g/mol. The molecule has 2 fully saturated rings. The Hall–Kier alpha value is -2.72. The zero-order valence-electron chi connectivity index (χ0n) is 19.7. The molecule has 3 atom stereocenters. The molecule has 4 rings (SSSR count). The summed E-state index contributed by atoms with van der Waals surface area (Å²) in [5.41, 5.74) is 3.03. The second-order valence-corrected chi connectivity index (χ2v) is 9.29. The van der Waals surface area contributed by atoms with E-state index in [0.29, 0.717) is 13.0 Å². The first-order valence-corrected chi connectivity index (χ1v) is 11.8. The topological polar surface area (TPSA) is 59.9 Å². The summed E-state index contributed by atoms with van der Waals surface area (Å²) in [7, 11) is 4.02. The predicted molar refractivity (Wildman–Crippen MR) is 130 cm³/mol. The molecule has 6 nitrogen and oxygen atoms in total. The molecule has 2 saturated heterocycles. The molecular weight excluding hydrogens is 412 g/mol. The first-order chi connectivity index (χ1) is 16.1. The number of nitrogens with zero attached hydrogens (tertiary/aromatic N) is 4. The molecule has 1 aromatic heterocycles. The zero-order valence-corrected chi connectivity index (χ0v) is 19.7. The van der Waals surface area contributed by atoms with Gasteiger partial charge in [0.2, 0.25) is 5.91 Å². The van der Waals surface area contributed by atoms with Crippen molar-refractivity contribution in [2.24, 2.45) is 0 Å². The smallest absolute Gasteiger partial charge is 0.228 e. The van der Waals surface area contributed by atoms with Gasteiger partial charge >= 0.3 is 0 Å². The van der Waals surface area contributed by atoms with E-state index in [9.17, 15) is 9.90 Å². The van der Waals surface area contributed by atoms with Gasteiger partial charge in [0.15, 0.2) is 0 Å². The summed E-state index contributed by atoms with van der Waals surface area (Å²) in [4.78, 5) is 23.9. The second-order valence-electron chi connectivity index (χ2n) is 9.29. The van der Waals surface area contributed by atoms with E-state index in [1.54, 1.807) is 6.20 Å². The number of aromatic nitrogens is 1. The molecule has 6 heteroatoms. The highest BCUT2D eigenvalue weighted by atomic mass is 16.3. The lowest BCUT2D eigenvalue weighted by atomic mass is 9.74. The largest absolute Gasteiger partial charge is 0.395 e. The van der Waals surface area contributed by atoms with E-state index in [2.05, 4.69) is 46.0 Å². The minimum atomic E-state index is 0.103. The van der Waals surface area contributed by atoms with E-state index in [1.165, 1.54) is 5.56 Å². The number of fused-ring (bicyclic) bond motifs is 1. The van der Waals surface area contributed by atoms with Crippen LogP contribution in [0.15, 0.2) is 48.7 Å². The Bertz CT molecular complexity index is 981. The minimum Gasteiger partial charge on any atom is -0.395 e. The van der Waals surface area contributed by atoms with Crippen LogP contribution in [0.5, 0.6) is 0 Å². The second kappa shape index (κ2) is 10.9. The summed E-state index contributed by atoms with van der Waals surface area (Å²) in [6, 6.07) is 14.5. The lowest BCUT2D eigenvalue weighted by molar-refractivity contribution is -0.135. The fourth-order valence-electron chi connectivity index (χ4n) is 5.02. The molecule has 2 aliphatic heterocycles. The average molecular weight is 447 g/mol. The summed E-state index contributed by atoms with van der Waals surface area (Å²) in [5.74, 6) is 6.73. The molecule has 1 aromatic carbocycles. The van der Waals surface area contributed by atoms with Crippen molar-refractivity contribution in [3.8, 4) is 11.8 Å². The normalized spacial score (nSPS) is 23.0. The number of rotatable bonds is 5. The Kier molecular flexibility index (Phi) is 7.77. The Morgan fingerprint density at radius 3 is 2.64 bits per heavy atom. The molecule has 0 bridgehead atoms. The van der Waals surface area contributed by atoms with Gasteiger partial charge in [0.25, 0.3) is 0 Å². The SMILES string of the molecule is CN(C)CC#Cc1ccc([C@H]2[C@H](CO)N3CCCCN(C(=O)Cc4ccccn4)C[C@@H]23)cc1. The van der Waals surface area contributed by atoms with Gasteiger partial charge in [-0.2, -0.15) is 0 Å². The maximum absolute atomic E-state index is 13.1. The van der Waals surface area contributed by atoms with Crippen LogP contribution in [0.4, 0.5) is 0 Å². The summed E-state index contributed by atoms with van der Waals surface area (Å²) in [6.45, 7) is 3.32. The fourth-order valence-corrected chi connectivity index (χ4v) is 5.02. The summed E-state index contributed by atoms with van der Waals surface area (Å²) in [6.07, 6.45) is 4.09.